The molecule has 1 saturated heterocycles. The average molecular weight is 195 g/mol. The first-order valence-electron chi connectivity index (χ1n) is 3.16. The fourth-order valence-electron chi connectivity index (χ4n) is 0.976. The van der Waals surface area contributed by atoms with Crippen LogP contribution in [0.15, 0.2) is 0 Å². The lowest BCUT2D eigenvalue weighted by atomic mass is 10.3. The number of esters is 1. The third-order valence-corrected chi connectivity index (χ3v) is 3.12. The molecule has 0 aromatic heterocycles. The normalized spacial score (nSPS) is 29.8. The second kappa shape index (κ2) is 2.41. The first-order valence-corrected chi connectivity index (χ1v) is 4.60. The van der Waals surface area contributed by atoms with E-state index in [2.05, 4.69) is 4.74 Å². The van der Waals surface area contributed by atoms with E-state index in [0.717, 1.165) is 4.90 Å². The molecule has 70 valence electrons. The number of rotatable bonds is 2. The van der Waals surface area contributed by atoms with Gasteiger partial charge in [0.15, 0.2) is 0 Å². The maximum absolute atomic E-state index is 10.8. The Hall–Kier alpha value is -0.660. The molecule has 0 saturated carbocycles. The van der Waals surface area contributed by atoms with Gasteiger partial charge in [0.05, 0.1) is 0 Å². The maximum atomic E-state index is 10.8. The lowest BCUT2D eigenvalue weighted by Crippen LogP contribution is -2.62. The van der Waals surface area contributed by atoms with E-state index in [0.29, 0.717) is 0 Å². The van der Waals surface area contributed by atoms with Crippen molar-refractivity contribution in [1.29, 1.82) is 0 Å². The van der Waals surface area contributed by atoms with Crippen molar-refractivity contribution in [3.05, 3.63) is 0 Å². The Labute approximate surface area is 69.9 Å². The first-order chi connectivity index (χ1) is 5.29. The molecule has 1 rings (SSSR count). The molecule has 0 spiro atoms. The predicted molar refractivity (Wildman–Crippen MR) is 38.7 cm³/mol. The van der Waals surface area contributed by atoms with E-state index in [1.165, 1.54) is 14.1 Å². The minimum atomic E-state index is -4.38. The molecule has 12 heavy (non-hydrogen) atoms. The van der Waals surface area contributed by atoms with Crippen molar-refractivity contribution in [1.82, 2.24) is 4.90 Å². The number of hydrogen-bond acceptors (Lipinski definition) is 5. The van der Waals surface area contributed by atoms with E-state index < -0.39 is 21.1 Å². The summed E-state index contributed by atoms with van der Waals surface area (Å²) in [5, 5.41) is -1.86. The van der Waals surface area contributed by atoms with Gasteiger partial charge in [-0.25, -0.2) is 0 Å². The largest absolute Gasteiger partial charge is 0.425 e. The van der Waals surface area contributed by atoms with Crippen LogP contribution >= 0.6 is 0 Å². The Balaban J connectivity index is 3.00. The van der Waals surface area contributed by atoms with E-state index in [9.17, 15) is 13.2 Å². The standard InChI is InChI=1S/C5H9NO5S/c1-6(2)5(12(8,9)10)3-4(7)11-5/h3H2,1-2H3,(H,8,9,10). The number of hydrogen-bond donors (Lipinski definition) is 1. The van der Waals surface area contributed by atoms with Gasteiger partial charge in [-0.3, -0.25) is 14.2 Å². The van der Waals surface area contributed by atoms with Gasteiger partial charge in [-0.2, -0.15) is 8.42 Å². The van der Waals surface area contributed by atoms with E-state index in [1.54, 1.807) is 0 Å². The fraction of sp³-hybridized carbons (Fsp3) is 0.800. The number of carbonyl (C=O) groups excluding carboxylic acids is 1. The molecule has 1 atom stereocenters. The van der Waals surface area contributed by atoms with Gasteiger partial charge >= 0.3 is 21.1 Å². The van der Waals surface area contributed by atoms with Crippen molar-refractivity contribution in [2.45, 2.75) is 11.5 Å². The smallest absolute Gasteiger partial charge is 0.322 e. The highest BCUT2D eigenvalue weighted by atomic mass is 32.2. The van der Waals surface area contributed by atoms with Gasteiger partial charge in [-0.05, 0) is 14.1 Å². The van der Waals surface area contributed by atoms with Crippen LogP contribution in [0.1, 0.15) is 6.42 Å². The van der Waals surface area contributed by atoms with Crippen LogP contribution in [0, 0.1) is 0 Å². The molecule has 1 unspecified atom stereocenters. The van der Waals surface area contributed by atoms with Crippen molar-refractivity contribution < 1.29 is 22.5 Å². The SMILES string of the molecule is CN(C)C1(S(=O)(=O)O)CC(=O)O1. The summed E-state index contributed by atoms with van der Waals surface area (Å²) in [5.74, 6) is -0.638. The number of carbonyl (C=O) groups is 1. The molecule has 0 aromatic rings. The van der Waals surface area contributed by atoms with E-state index >= 15 is 0 Å². The average Bonchev–Trinajstić information content (AvgIpc) is 1.76. The summed E-state index contributed by atoms with van der Waals surface area (Å²) in [4.78, 5) is 11.6. The zero-order chi connectivity index (χ0) is 9.57. The molecule has 1 heterocycles. The third kappa shape index (κ3) is 1.10. The summed E-state index contributed by atoms with van der Waals surface area (Å²) >= 11 is 0. The van der Waals surface area contributed by atoms with Gasteiger partial charge in [-0.1, -0.05) is 0 Å². The van der Waals surface area contributed by atoms with Crippen molar-refractivity contribution in [2.24, 2.45) is 0 Å². The van der Waals surface area contributed by atoms with Gasteiger partial charge in [0.1, 0.15) is 6.42 Å². The van der Waals surface area contributed by atoms with Crippen LogP contribution in [0.25, 0.3) is 0 Å². The van der Waals surface area contributed by atoms with Crippen molar-refractivity contribution >= 4 is 16.1 Å². The van der Waals surface area contributed by atoms with Crippen LogP contribution in [-0.4, -0.2) is 43.0 Å². The molecular weight excluding hydrogens is 186 g/mol. The molecule has 1 N–H and O–H groups in total. The summed E-state index contributed by atoms with van der Waals surface area (Å²) in [6.45, 7) is 0. The van der Waals surface area contributed by atoms with Crippen LogP contribution in [0.4, 0.5) is 0 Å². The molecule has 0 radical (unpaired) electrons. The van der Waals surface area contributed by atoms with Crippen LogP contribution in [0.5, 0.6) is 0 Å². The third-order valence-electron chi connectivity index (χ3n) is 1.73. The molecule has 6 nitrogen and oxygen atoms in total. The fourth-order valence-corrected chi connectivity index (χ4v) is 1.94. The van der Waals surface area contributed by atoms with Crippen LogP contribution in [0.2, 0.25) is 0 Å². The summed E-state index contributed by atoms with van der Waals surface area (Å²) in [6, 6.07) is 0. The highest BCUT2D eigenvalue weighted by Gasteiger charge is 2.58. The van der Waals surface area contributed by atoms with E-state index in [4.69, 9.17) is 4.55 Å². The molecule has 1 aliphatic heterocycles. The molecule has 1 aliphatic rings. The van der Waals surface area contributed by atoms with E-state index in [-0.39, 0.29) is 6.42 Å². The van der Waals surface area contributed by atoms with Gasteiger partial charge in [-0.15, -0.1) is 0 Å². The van der Waals surface area contributed by atoms with Crippen LogP contribution < -0.4 is 0 Å². The highest BCUT2D eigenvalue weighted by Crippen LogP contribution is 2.34. The summed E-state index contributed by atoms with van der Waals surface area (Å²) in [6.07, 6.45) is -0.334. The molecular formula is C5H9NO5S. The zero-order valence-corrected chi connectivity index (χ0v) is 7.46. The summed E-state index contributed by atoms with van der Waals surface area (Å²) < 4.78 is 34.6. The monoisotopic (exact) mass is 195 g/mol. The molecule has 0 aromatic carbocycles. The second-order valence-corrected chi connectivity index (χ2v) is 4.32. The van der Waals surface area contributed by atoms with Gasteiger partial charge in [0.25, 0.3) is 0 Å². The summed E-state index contributed by atoms with van der Waals surface area (Å²) in [7, 11) is -1.57. The number of cyclic esters (lactones) is 1. The Morgan fingerprint density at radius 2 is 2.00 bits per heavy atom. The Bertz CT molecular complexity index is 298. The van der Waals surface area contributed by atoms with Gasteiger partial charge in [0, 0.05) is 0 Å². The highest BCUT2D eigenvalue weighted by molar-refractivity contribution is 7.87. The van der Waals surface area contributed by atoms with Crippen molar-refractivity contribution in [2.75, 3.05) is 14.1 Å². The number of ether oxygens (including phenoxy) is 1. The predicted octanol–water partition coefficient (Wildman–Crippen LogP) is -0.963. The lowest BCUT2D eigenvalue weighted by Gasteiger charge is -2.41. The minimum Gasteiger partial charge on any atom is -0.425 e. The first kappa shape index (κ1) is 9.43. The second-order valence-electron chi connectivity index (χ2n) is 2.73. The van der Waals surface area contributed by atoms with Gasteiger partial charge in [0.2, 0.25) is 0 Å². The Morgan fingerprint density at radius 3 is 2.08 bits per heavy atom. The zero-order valence-electron chi connectivity index (χ0n) is 6.64. The number of nitrogens with zero attached hydrogens (tertiary/aromatic N) is 1. The van der Waals surface area contributed by atoms with Crippen LogP contribution in [0.3, 0.4) is 0 Å². The van der Waals surface area contributed by atoms with Crippen molar-refractivity contribution in [3.63, 3.8) is 0 Å². The van der Waals surface area contributed by atoms with Crippen molar-refractivity contribution in [3.8, 4) is 0 Å². The molecule has 7 heteroatoms. The topological polar surface area (TPSA) is 83.9 Å². The summed E-state index contributed by atoms with van der Waals surface area (Å²) in [5.41, 5.74) is 0. The van der Waals surface area contributed by atoms with E-state index in [1.807, 2.05) is 0 Å². The van der Waals surface area contributed by atoms with Crippen LogP contribution in [-0.2, 0) is 19.6 Å². The maximum Gasteiger partial charge on any atom is 0.322 e. The minimum absolute atomic E-state index is 0.334. The molecule has 0 bridgehead atoms. The Morgan fingerprint density at radius 1 is 1.58 bits per heavy atom. The molecule has 0 amide bonds. The lowest BCUT2D eigenvalue weighted by molar-refractivity contribution is -0.197. The quantitative estimate of drug-likeness (QED) is 0.451. The molecule has 0 aliphatic carbocycles. The van der Waals surface area contributed by atoms with Gasteiger partial charge < -0.3 is 4.74 Å². The Kier molecular flexibility index (Phi) is 1.89. The molecule has 1 fully saturated rings.